The molecule has 0 radical (unpaired) electrons. The average Bonchev–Trinajstić information content (AvgIpc) is 2.72. The number of hydrogen-bond acceptors (Lipinski definition) is 3. The summed E-state index contributed by atoms with van der Waals surface area (Å²) in [6, 6.07) is 5.39. The van der Waals surface area contributed by atoms with E-state index >= 15 is 0 Å². The predicted octanol–water partition coefficient (Wildman–Crippen LogP) is 6.28. The molecule has 0 atom stereocenters. The number of aromatic nitrogens is 2. The molecule has 1 aromatic carbocycles. The zero-order valence-corrected chi connectivity index (χ0v) is 13.9. The van der Waals surface area contributed by atoms with Crippen LogP contribution >= 0.6 is 57.7 Å². The van der Waals surface area contributed by atoms with Crippen molar-refractivity contribution in [3.8, 4) is 11.4 Å². The first-order valence-electron chi connectivity index (χ1n) is 5.55. The lowest BCUT2D eigenvalue weighted by Gasteiger charge is -2.07. The maximum atomic E-state index is 6.27. The number of hydrogen-bond donors (Lipinski definition) is 0. The fraction of sp³-hybridized carbons (Fsp3) is 0.0769. The highest BCUT2D eigenvalue weighted by Gasteiger charge is 2.16. The van der Waals surface area contributed by atoms with Gasteiger partial charge in [-0.3, -0.25) is 0 Å². The fourth-order valence-corrected chi connectivity index (χ4v) is 3.90. The van der Waals surface area contributed by atoms with Crippen molar-refractivity contribution >= 4 is 68.6 Å². The Morgan fingerprint density at radius 2 is 1.80 bits per heavy atom. The first kappa shape index (κ1) is 14.4. The molecule has 0 aliphatic heterocycles. The second-order valence-corrected chi connectivity index (χ2v) is 7.21. The van der Waals surface area contributed by atoms with Gasteiger partial charge in [-0.1, -0.05) is 52.5 Å². The van der Waals surface area contributed by atoms with Gasteiger partial charge in [-0.25, -0.2) is 9.97 Å². The van der Waals surface area contributed by atoms with E-state index in [0.717, 1.165) is 10.9 Å². The van der Waals surface area contributed by atoms with Gasteiger partial charge >= 0.3 is 0 Å². The van der Waals surface area contributed by atoms with Gasteiger partial charge in [0.15, 0.2) is 5.82 Å². The van der Waals surface area contributed by atoms with Crippen molar-refractivity contribution in [2.75, 3.05) is 0 Å². The topological polar surface area (TPSA) is 25.8 Å². The Hall–Kier alpha value is -0.580. The third-order valence-electron chi connectivity index (χ3n) is 2.86. The Morgan fingerprint density at radius 3 is 2.45 bits per heavy atom. The van der Waals surface area contributed by atoms with Gasteiger partial charge in [0, 0.05) is 5.39 Å². The Labute approximate surface area is 139 Å². The molecule has 2 aromatic heterocycles. The first-order chi connectivity index (χ1) is 9.47. The third kappa shape index (κ3) is 2.38. The van der Waals surface area contributed by atoms with E-state index in [2.05, 4.69) is 9.97 Å². The van der Waals surface area contributed by atoms with E-state index in [-0.39, 0.29) is 0 Å². The molecule has 0 bridgehead atoms. The molecule has 0 saturated heterocycles. The molecule has 102 valence electrons. The number of halogens is 4. The third-order valence-corrected chi connectivity index (χ3v) is 4.93. The molecule has 2 heterocycles. The molecular weight excluding hydrogens is 358 g/mol. The fourth-order valence-electron chi connectivity index (χ4n) is 1.93. The number of benzene rings is 1. The number of rotatable bonds is 1. The zero-order chi connectivity index (χ0) is 14.4. The molecule has 20 heavy (non-hydrogen) atoms. The minimum atomic E-state index is 0.350. The molecule has 0 fully saturated rings. The molecule has 0 saturated carbocycles. The molecule has 0 spiro atoms. The maximum Gasteiger partial charge on any atom is 0.163 e. The van der Waals surface area contributed by atoms with Crippen LogP contribution in [0.25, 0.3) is 22.3 Å². The lowest BCUT2D eigenvalue weighted by Crippen LogP contribution is -1.93. The van der Waals surface area contributed by atoms with Gasteiger partial charge in [-0.15, -0.1) is 11.3 Å². The minimum absolute atomic E-state index is 0.350. The van der Waals surface area contributed by atoms with Crippen molar-refractivity contribution < 1.29 is 0 Å². The van der Waals surface area contributed by atoms with E-state index in [0.29, 0.717) is 35.8 Å². The summed E-state index contributed by atoms with van der Waals surface area (Å²) in [6.45, 7) is 1.93. The van der Waals surface area contributed by atoms with Gasteiger partial charge in [0.2, 0.25) is 0 Å². The van der Waals surface area contributed by atoms with E-state index in [9.17, 15) is 0 Å². The van der Waals surface area contributed by atoms with E-state index in [1.165, 1.54) is 11.3 Å². The Kier molecular flexibility index (Phi) is 3.82. The van der Waals surface area contributed by atoms with E-state index < -0.39 is 0 Å². The molecular formula is C13H6Cl4N2S. The Bertz CT molecular complexity index is 829. The highest BCUT2D eigenvalue weighted by molar-refractivity contribution is 7.20. The summed E-state index contributed by atoms with van der Waals surface area (Å²) in [6.07, 6.45) is 0. The summed E-state index contributed by atoms with van der Waals surface area (Å²) < 4.78 is 1.09. The molecule has 0 aliphatic rings. The highest BCUT2D eigenvalue weighted by Crippen LogP contribution is 2.39. The second-order valence-electron chi connectivity index (χ2n) is 4.16. The van der Waals surface area contributed by atoms with Crippen LogP contribution in [0.5, 0.6) is 0 Å². The SMILES string of the molecule is Cc1ccc(Cl)c2nc(-c3cc(Cl)sc3Cl)nc(Cl)c12. The van der Waals surface area contributed by atoms with E-state index in [1.54, 1.807) is 12.1 Å². The van der Waals surface area contributed by atoms with Crippen LogP contribution in [-0.4, -0.2) is 9.97 Å². The van der Waals surface area contributed by atoms with Crippen molar-refractivity contribution in [1.82, 2.24) is 9.97 Å². The van der Waals surface area contributed by atoms with Crippen LogP contribution < -0.4 is 0 Å². The number of nitrogens with zero attached hydrogens (tertiary/aromatic N) is 2. The van der Waals surface area contributed by atoms with Crippen LogP contribution in [0, 0.1) is 6.92 Å². The monoisotopic (exact) mass is 362 g/mol. The standard InChI is InChI=1S/C13H6Cl4N2S/c1-5-2-3-7(14)10-9(5)11(16)19-13(18-10)6-4-8(15)20-12(6)17/h2-4H,1H3. The van der Waals surface area contributed by atoms with Gasteiger partial charge in [0.25, 0.3) is 0 Å². The number of fused-ring (bicyclic) bond motifs is 1. The number of aryl methyl sites for hydroxylation is 1. The van der Waals surface area contributed by atoms with Crippen LogP contribution in [-0.2, 0) is 0 Å². The summed E-state index contributed by atoms with van der Waals surface area (Å²) >= 11 is 25.8. The highest BCUT2D eigenvalue weighted by atomic mass is 35.5. The number of thiophene rings is 1. The maximum absolute atomic E-state index is 6.27. The molecule has 3 rings (SSSR count). The summed E-state index contributed by atoms with van der Waals surface area (Å²) in [5.74, 6) is 0.420. The van der Waals surface area contributed by atoms with Crippen LogP contribution in [0.4, 0.5) is 0 Å². The van der Waals surface area contributed by atoms with Gasteiger partial charge in [-0.05, 0) is 24.6 Å². The van der Waals surface area contributed by atoms with E-state index in [1.807, 2.05) is 13.0 Å². The van der Waals surface area contributed by atoms with Crippen molar-refractivity contribution in [3.05, 3.63) is 42.6 Å². The normalized spacial score (nSPS) is 11.2. The van der Waals surface area contributed by atoms with Gasteiger partial charge in [0.1, 0.15) is 9.49 Å². The lowest BCUT2D eigenvalue weighted by atomic mass is 10.1. The van der Waals surface area contributed by atoms with Crippen molar-refractivity contribution in [2.45, 2.75) is 6.92 Å². The largest absolute Gasteiger partial charge is 0.226 e. The predicted molar refractivity (Wildman–Crippen MR) is 87.6 cm³/mol. The van der Waals surface area contributed by atoms with Gasteiger partial charge in [0.05, 0.1) is 20.4 Å². The molecule has 0 aliphatic carbocycles. The quantitative estimate of drug-likeness (QED) is 0.475. The van der Waals surface area contributed by atoms with Crippen molar-refractivity contribution in [3.63, 3.8) is 0 Å². The summed E-state index contributed by atoms with van der Waals surface area (Å²) in [5, 5.41) is 1.62. The molecule has 3 aromatic rings. The second kappa shape index (κ2) is 5.32. The summed E-state index contributed by atoms with van der Waals surface area (Å²) in [5.41, 5.74) is 2.23. The van der Waals surface area contributed by atoms with Crippen molar-refractivity contribution in [1.29, 1.82) is 0 Å². The molecule has 0 unspecified atom stereocenters. The van der Waals surface area contributed by atoms with Crippen LogP contribution in [0.3, 0.4) is 0 Å². The molecule has 2 nitrogen and oxygen atoms in total. The van der Waals surface area contributed by atoms with Crippen LogP contribution in [0.2, 0.25) is 18.8 Å². The summed E-state index contributed by atoms with van der Waals surface area (Å²) in [4.78, 5) is 8.78. The van der Waals surface area contributed by atoms with Gasteiger partial charge in [-0.2, -0.15) is 0 Å². The average molecular weight is 364 g/mol. The first-order valence-corrected chi connectivity index (χ1v) is 7.87. The van der Waals surface area contributed by atoms with Crippen molar-refractivity contribution in [2.24, 2.45) is 0 Å². The molecule has 0 amide bonds. The summed E-state index contributed by atoms with van der Waals surface area (Å²) in [7, 11) is 0. The van der Waals surface area contributed by atoms with Gasteiger partial charge < -0.3 is 0 Å². The molecule has 7 heteroatoms. The Morgan fingerprint density at radius 1 is 1.05 bits per heavy atom. The van der Waals surface area contributed by atoms with Crippen LogP contribution in [0.15, 0.2) is 18.2 Å². The zero-order valence-electron chi connectivity index (χ0n) is 10.0. The lowest BCUT2D eigenvalue weighted by molar-refractivity contribution is 1.23. The molecule has 0 N–H and O–H groups in total. The van der Waals surface area contributed by atoms with Crippen LogP contribution in [0.1, 0.15) is 5.56 Å². The smallest absolute Gasteiger partial charge is 0.163 e. The Balaban J connectivity index is 2.35. The van der Waals surface area contributed by atoms with E-state index in [4.69, 9.17) is 46.4 Å². The minimum Gasteiger partial charge on any atom is -0.226 e.